The smallest absolute Gasteiger partial charge is 0.345 e. The first-order chi connectivity index (χ1) is 14.2. The van der Waals surface area contributed by atoms with Crippen LogP contribution in [0, 0.1) is 0 Å². The van der Waals surface area contributed by atoms with E-state index in [1.165, 1.54) is 11.3 Å². The summed E-state index contributed by atoms with van der Waals surface area (Å²) in [5.41, 5.74) is 0.163. The fourth-order valence-corrected chi connectivity index (χ4v) is 4.92. The Balaban J connectivity index is 1.30. The van der Waals surface area contributed by atoms with Crippen LogP contribution in [0.1, 0.15) is 29.4 Å². The van der Waals surface area contributed by atoms with E-state index in [0.29, 0.717) is 22.4 Å². The maximum Gasteiger partial charge on any atom is 0.345 e. The summed E-state index contributed by atoms with van der Waals surface area (Å²) in [6, 6.07) is 9.09. The molecule has 0 unspecified atom stereocenters. The molecule has 0 bridgehead atoms. The minimum Gasteiger partial charge on any atom is -0.422 e. The van der Waals surface area contributed by atoms with Crippen molar-refractivity contribution >= 4 is 38.3 Å². The largest absolute Gasteiger partial charge is 0.422 e. The zero-order valence-corrected chi connectivity index (χ0v) is 17.6. The maximum absolute atomic E-state index is 12.5. The summed E-state index contributed by atoms with van der Waals surface area (Å²) in [6.07, 6.45) is 2.03. The summed E-state index contributed by atoms with van der Waals surface area (Å²) in [5, 5.41) is 4.34. The molecule has 7 heteroatoms. The molecule has 0 saturated carbocycles. The van der Waals surface area contributed by atoms with Gasteiger partial charge in [0.2, 0.25) is 0 Å². The molecule has 2 aromatic heterocycles. The van der Waals surface area contributed by atoms with E-state index >= 15 is 0 Å². The molecular formula is C22H27N3O3S. The van der Waals surface area contributed by atoms with Crippen molar-refractivity contribution in [2.45, 2.75) is 19.8 Å². The number of hydrogen-bond donors (Lipinski definition) is 1. The Bertz CT molecular complexity index is 1050. The zero-order chi connectivity index (χ0) is 20.2. The van der Waals surface area contributed by atoms with Gasteiger partial charge in [0.25, 0.3) is 5.91 Å². The van der Waals surface area contributed by atoms with Gasteiger partial charge in [-0.2, -0.15) is 0 Å². The fourth-order valence-electron chi connectivity index (χ4n) is 3.83. The van der Waals surface area contributed by atoms with E-state index < -0.39 is 5.63 Å². The Morgan fingerprint density at radius 2 is 1.86 bits per heavy atom. The van der Waals surface area contributed by atoms with Crippen LogP contribution in [0.3, 0.4) is 0 Å². The van der Waals surface area contributed by atoms with Gasteiger partial charge in [0.05, 0.1) is 15.0 Å². The van der Waals surface area contributed by atoms with E-state index in [2.05, 4.69) is 22.0 Å². The van der Waals surface area contributed by atoms with Crippen LogP contribution in [0.5, 0.6) is 0 Å². The highest BCUT2D eigenvalue weighted by atomic mass is 32.1. The van der Waals surface area contributed by atoms with Crippen LogP contribution >= 0.6 is 11.3 Å². The van der Waals surface area contributed by atoms with Gasteiger partial charge in [0, 0.05) is 38.1 Å². The summed E-state index contributed by atoms with van der Waals surface area (Å²) < 4.78 is 6.18. The molecule has 1 aromatic carbocycles. The van der Waals surface area contributed by atoms with Crippen molar-refractivity contribution in [1.82, 2.24) is 15.1 Å². The van der Waals surface area contributed by atoms with Crippen LogP contribution in [-0.4, -0.2) is 61.5 Å². The van der Waals surface area contributed by atoms with Crippen LogP contribution in [0.4, 0.5) is 0 Å². The first-order valence-electron chi connectivity index (χ1n) is 10.3. The second-order valence-electron chi connectivity index (χ2n) is 7.48. The molecule has 3 heterocycles. The highest BCUT2D eigenvalue weighted by molar-refractivity contribution is 7.21. The molecule has 0 atom stereocenters. The summed E-state index contributed by atoms with van der Waals surface area (Å²) in [7, 11) is 0. The first-order valence-corrected chi connectivity index (χ1v) is 11.2. The Kier molecular flexibility index (Phi) is 6.28. The summed E-state index contributed by atoms with van der Waals surface area (Å²) in [4.78, 5) is 30.3. The third-order valence-corrected chi connectivity index (χ3v) is 6.78. The lowest BCUT2D eigenvalue weighted by molar-refractivity contribution is 0.0955. The van der Waals surface area contributed by atoms with Gasteiger partial charge in [-0.1, -0.05) is 19.1 Å². The van der Waals surface area contributed by atoms with Gasteiger partial charge in [-0.05, 0) is 44.1 Å². The third-order valence-electron chi connectivity index (χ3n) is 5.61. The van der Waals surface area contributed by atoms with Crippen molar-refractivity contribution in [3.8, 4) is 0 Å². The van der Waals surface area contributed by atoms with Crippen molar-refractivity contribution in [2.24, 2.45) is 0 Å². The van der Waals surface area contributed by atoms with E-state index in [4.69, 9.17) is 4.42 Å². The number of amides is 1. The predicted octanol–water partition coefficient (Wildman–Crippen LogP) is 3.16. The molecule has 0 spiro atoms. The van der Waals surface area contributed by atoms with Crippen LogP contribution in [0.2, 0.25) is 0 Å². The number of nitrogens with one attached hydrogen (secondary N) is 1. The molecule has 1 amide bonds. The van der Waals surface area contributed by atoms with Gasteiger partial charge in [0.15, 0.2) is 0 Å². The van der Waals surface area contributed by atoms with Gasteiger partial charge >= 0.3 is 5.63 Å². The van der Waals surface area contributed by atoms with Crippen LogP contribution in [0.15, 0.2) is 39.5 Å². The topological polar surface area (TPSA) is 65.8 Å². The lowest BCUT2D eigenvalue weighted by Crippen LogP contribution is -2.46. The van der Waals surface area contributed by atoms with Gasteiger partial charge < -0.3 is 19.5 Å². The van der Waals surface area contributed by atoms with Crippen molar-refractivity contribution < 1.29 is 9.21 Å². The van der Waals surface area contributed by atoms with Gasteiger partial charge in [-0.3, -0.25) is 4.79 Å². The molecule has 1 fully saturated rings. The fraction of sp³-hybridized carbons (Fsp3) is 0.455. The van der Waals surface area contributed by atoms with Gasteiger partial charge in [0.1, 0.15) is 5.58 Å². The molecule has 6 nitrogen and oxygen atoms in total. The molecule has 1 saturated heterocycles. The minimum atomic E-state index is -0.392. The lowest BCUT2D eigenvalue weighted by Gasteiger charge is -2.33. The predicted molar refractivity (Wildman–Crippen MR) is 118 cm³/mol. The average molecular weight is 414 g/mol. The Hall–Kier alpha value is -2.22. The molecular weight excluding hydrogens is 386 g/mol. The standard InChI is InChI=1S/C22H27N3O3S/c1-2-24-11-13-25(14-12-24)10-6-5-9-23-21(26)19-15-17-20(29-19)16-7-3-4-8-18(16)28-22(17)27/h3-4,7-8,15H,2,5-6,9-14H2,1H3,(H,23,26). The monoisotopic (exact) mass is 413 g/mol. The number of carbonyl (C=O) groups is 1. The SMILES string of the molecule is CCN1CCN(CCCCNC(=O)c2cc3c(=O)oc4ccccc4c3s2)CC1. The lowest BCUT2D eigenvalue weighted by atomic mass is 10.2. The summed E-state index contributed by atoms with van der Waals surface area (Å²) >= 11 is 1.35. The van der Waals surface area contributed by atoms with Crippen LogP contribution in [0.25, 0.3) is 21.1 Å². The van der Waals surface area contributed by atoms with E-state index in [-0.39, 0.29) is 5.91 Å². The molecule has 29 heavy (non-hydrogen) atoms. The minimum absolute atomic E-state index is 0.119. The van der Waals surface area contributed by atoms with Crippen molar-refractivity contribution in [3.63, 3.8) is 0 Å². The maximum atomic E-state index is 12.5. The number of thiophene rings is 1. The number of piperazine rings is 1. The highest BCUT2D eigenvalue weighted by Crippen LogP contribution is 2.30. The molecule has 1 N–H and O–H groups in total. The molecule has 0 radical (unpaired) electrons. The second kappa shape index (κ2) is 9.07. The Morgan fingerprint density at radius 3 is 2.66 bits per heavy atom. The summed E-state index contributed by atoms with van der Waals surface area (Å²) in [5.74, 6) is -0.119. The number of benzene rings is 1. The number of fused-ring (bicyclic) bond motifs is 3. The number of carbonyl (C=O) groups excluding carboxylic acids is 1. The normalized spacial score (nSPS) is 15.9. The highest BCUT2D eigenvalue weighted by Gasteiger charge is 2.16. The third kappa shape index (κ3) is 4.52. The number of nitrogens with zero attached hydrogens (tertiary/aromatic N) is 2. The molecule has 0 aliphatic carbocycles. The molecule has 154 valence electrons. The Labute approximate surface area is 174 Å². The number of likely N-dealkylation sites (N-methyl/N-ethyl adjacent to an activating group) is 1. The van der Waals surface area contributed by atoms with Crippen molar-refractivity contribution in [2.75, 3.05) is 45.8 Å². The van der Waals surface area contributed by atoms with Crippen molar-refractivity contribution in [1.29, 1.82) is 0 Å². The van der Waals surface area contributed by atoms with E-state index in [0.717, 1.165) is 62.2 Å². The Morgan fingerprint density at radius 1 is 1.10 bits per heavy atom. The van der Waals surface area contributed by atoms with Gasteiger partial charge in [-0.25, -0.2) is 4.79 Å². The van der Waals surface area contributed by atoms with Gasteiger partial charge in [-0.15, -0.1) is 11.3 Å². The second-order valence-corrected chi connectivity index (χ2v) is 8.53. The average Bonchev–Trinajstić information content (AvgIpc) is 3.20. The molecule has 1 aliphatic heterocycles. The van der Waals surface area contributed by atoms with E-state index in [1.807, 2.05) is 18.2 Å². The zero-order valence-electron chi connectivity index (χ0n) is 16.8. The van der Waals surface area contributed by atoms with Crippen LogP contribution in [-0.2, 0) is 0 Å². The molecule has 1 aliphatic rings. The van der Waals surface area contributed by atoms with Crippen molar-refractivity contribution in [3.05, 3.63) is 45.6 Å². The first kappa shape index (κ1) is 20.1. The number of para-hydroxylation sites is 1. The number of unbranched alkanes of at least 4 members (excludes halogenated alkanes) is 1. The number of hydrogen-bond acceptors (Lipinski definition) is 6. The molecule has 3 aromatic rings. The number of rotatable bonds is 7. The van der Waals surface area contributed by atoms with Crippen LogP contribution < -0.4 is 10.9 Å². The summed E-state index contributed by atoms with van der Waals surface area (Å²) in [6.45, 7) is 9.67. The quantitative estimate of drug-likeness (QED) is 0.476. The molecule has 4 rings (SSSR count). The van der Waals surface area contributed by atoms with E-state index in [9.17, 15) is 9.59 Å². The van der Waals surface area contributed by atoms with E-state index in [1.54, 1.807) is 12.1 Å².